The fourth-order valence-corrected chi connectivity index (χ4v) is 5.04. The van der Waals surface area contributed by atoms with Crippen LogP contribution in [-0.2, 0) is 20.0 Å². The van der Waals surface area contributed by atoms with Gasteiger partial charge in [-0.1, -0.05) is 42.5 Å². The van der Waals surface area contributed by atoms with Crippen molar-refractivity contribution in [1.29, 1.82) is 0 Å². The Morgan fingerprint density at radius 2 is 1.71 bits per heavy atom. The van der Waals surface area contributed by atoms with Gasteiger partial charge >= 0.3 is 0 Å². The minimum absolute atomic E-state index is 0.0814. The third kappa shape index (κ3) is 2.73. The summed E-state index contributed by atoms with van der Waals surface area (Å²) >= 11 is 0. The predicted molar refractivity (Wildman–Crippen MR) is 93.6 cm³/mol. The van der Waals surface area contributed by atoms with Crippen LogP contribution in [-0.4, -0.2) is 20.1 Å². The lowest BCUT2D eigenvalue weighted by atomic mass is 9.81. The second-order valence-electron chi connectivity index (χ2n) is 6.79. The van der Waals surface area contributed by atoms with Crippen LogP contribution >= 0.6 is 0 Å². The van der Waals surface area contributed by atoms with Crippen LogP contribution < -0.4 is 5.32 Å². The molecular formula is C19H21NO3S. The average molecular weight is 343 g/mol. The highest BCUT2D eigenvalue weighted by Crippen LogP contribution is 2.34. The maximum atomic E-state index is 12.9. The normalized spacial score (nSPS) is 18.9. The highest BCUT2D eigenvalue weighted by molar-refractivity contribution is 7.91. The van der Waals surface area contributed by atoms with Crippen molar-refractivity contribution in [2.24, 2.45) is 0 Å². The number of benzene rings is 2. The lowest BCUT2D eigenvalue weighted by molar-refractivity contribution is -0.126. The van der Waals surface area contributed by atoms with Gasteiger partial charge in [0.2, 0.25) is 5.91 Å². The summed E-state index contributed by atoms with van der Waals surface area (Å²) < 4.78 is 24.5. The van der Waals surface area contributed by atoms with Gasteiger partial charge < -0.3 is 5.32 Å². The molecule has 5 heteroatoms. The van der Waals surface area contributed by atoms with E-state index < -0.39 is 21.3 Å². The van der Waals surface area contributed by atoms with Crippen molar-refractivity contribution >= 4 is 15.7 Å². The smallest absolute Gasteiger partial charge is 0.230 e. The van der Waals surface area contributed by atoms with E-state index in [0.717, 1.165) is 11.1 Å². The van der Waals surface area contributed by atoms with E-state index in [0.29, 0.717) is 10.5 Å². The van der Waals surface area contributed by atoms with E-state index in [1.807, 2.05) is 45.0 Å². The molecule has 126 valence electrons. The molecule has 0 unspecified atom stereocenters. The fraction of sp³-hybridized carbons (Fsp3) is 0.316. The van der Waals surface area contributed by atoms with Gasteiger partial charge in [-0.2, -0.15) is 0 Å². The molecule has 1 atom stereocenters. The summed E-state index contributed by atoms with van der Waals surface area (Å²) in [4.78, 5) is 13.2. The van der Waals surface area contributed by atoms with Gasteiger partial charge in [-0.15, -0.1) is 0 Å². The van der Waals surface area contributed by atoms with E-state index in [2.05, 4.69) is 5.32 Å². The molecule has 0 spiro atoms. The van der Waals surface area contributed by atoms with Crippen LogP contribution in [0.15, 0.2) is 53.4 Å². The molecule has 0 aliphatic carbocycles. The Bertz CT molecular complexity index is 900. The minimum Gasteiger partial charge on any atom is -0.347 e. The lowest BCUT2D eigenvalue weighted by Gasteiger charge is -2.27. The van der Waals surface area contributed by atoms with Crippen molar-refractivity contribution in [2.75, 3.05) is 5.75 Å². The predicted octanol–water partition coefficient (Wildman–Crippen LogP) is 2.92. The van der Waals surface area contributed by atoms with E-state index in [1.165, 1.54) is 0 Å². The lowest BCUT2D eigenvalue weighted by Crippen LogP contribution is -2.42. The van der Waals surface area contributed by atoms with E-state index in [-0.39, 0.29) is 11.7 Å². The molecule has 0 fully saturated rings. The van der Waals surface area contributed by atoms with Crippen LogP contribution in [0.1, 0.15) is 36.6 Å². The summed E-state index contributed by atoms with van der Waals surface area (Å²) in [6.45, 7) is 5.69. The van der Waals surface area contributed by atoms with Gasteiger partial charge in [0.15, 0.2) is 9.84 Å². The minimum atomic E-state index is -3.33. The van der Waals surface area contributed by atoms with Crippen LogP contribution in [0.25, 0.3) is 0 Å². The van der Waals surface area contributed by atoms with Crippen molar-refractivity contribution in [3.8, 4) is 0 Å². The highest BCUT2D eigenvalue weighted by Gasteiger charge is 2.38. The summed E-state index contributed by atoms with van der Waals surface area (Å²) in [5.41, 5.74) is 1.91. The zero-order valence-corrected chi connectivity index (χ0v) is 14.9. The SMILES string of the molecule is Cc1ccccc1C(C)(C)C(=O)N[C@@H]1CS(=O)(=O)c2ccccc21. The summed E-state index contributed by atoms with van der Waals surface area (Å²) in [7, 11) is -3.33. The zero-order valence-electron chi connectivity index (χ0n) is 14.0. The number of nitrogens with one attached hydrogen (secondary N) is 1. The summed E-state index contributed by atoms with van der Waals surface area (Å²) in [6, 6.07) is 14.1. The largest absolute Gasteiger partial charge is 0.347 e. The Morgan fingerprint density at radius 1 is 1.08 bits per heavy atom. The van der Waals surface area contributed by atoms with E-state index in [1.54, 1.807) is 24.3 Å². The summed E-state index contributed by atoms with van der Waals surface area (Å²) in [5, 5.41) is 2.94. The summed E-state index contributed by atoms with van der Waals surface area (Å²) in [6.07, 6.45) is 0. The van der Waals surface area contributed by atoms with Crippen LogP contribution in [0.4, 0.5) is 0 Å². The second-order valence-corrected chi connectivity index (χ2v) is 8.79. The van der Waals surface area contributed by atoms with Gasteiger partial charge in [-0.3, -0.25) is 4.79 Å². The van der Waals surface area contributed by atoms with E-state index in [4.69, 9.17) is 0 Å². The van der Waals surface area contributed by atoms with Crippen LogP contribution in [0.2, 0.25) is 0 Å². The molecule has 0 bridgehead atoms. The molecule has 1 aliphatic heterocycles. The van der Waals surface area contributed by atoms with Crippen LogP contribution in [0, 0.1) is 6.92 Å². The molecule has 1 aliphatic rings. The molecule has 1 amide bonds. The van der Waals surface area contributed by atoms with Gasteiger partial charge in [-0.25, -0.2) is 8.42 Å². The molecule has 0 aromatic heterocycles. The number of amides is 1. The number of rotatable bonds is 3. The molecule has 2 aromatic rings. The average Bonchev–Trinajstić information content (AvgIpc) is 2.79. The monoisotopic (exact) mass is 343 g/mol. The Balaban J connectivity index is 1.90. The van der Waals surface area contributed by atoms with Gasteiger partial charge in [0.25, 0.3) is 0 Å². The number of aryl methyl sites for hydroxylation is 1. The number of carbonyl (C=O) groups is 1. The maximum Gasteiger partial charge on any atom is 0.230 e. The Morgan fingerprint density at radius 3 is 2.42 bits per heavy atom. The molecule has 24 heavy (non-hydrogen) atoms. The third-order valence-electron chi connectivity index (χ3n) is 4.71. The number of fused-ring (bicyclic) bond motifs is 1. The van der Waals surface area contributed by atoms with Gasteiger partial charge in [0.1, 0.15) is 0 Å². The first-order chi connectivity index (χ1) is 11.2. The molecule has 4 nitrogen and oxygen atoms in total. The van der Waals surface area contributed by atoms with Crippen molar-refractivity contribution in [3.05, 3.63) is 65.2 Å². The molecule has 3 rings (SSSR count). The molecule has 1 N–H and O–H groups in total. The van der Waals surface area contributed by atoms with Gasteiger partial charge in [-0.05, 0) is 43.5 Å². The highest BCUT2D eigenvalue weighted by atomic mass is 32.2. The molecule has 2 aromatic carbocycles. The molecule has 1 heterocycles. The first-order valence-electron chi connectivity index (χ1n) is 7.92. The zero-order chi connectivity index (χ0) is 17.5. The van der Waals surface area contributed by atoms with Crippen molar-refractivity contribution in [1.82, 2.24) is 5.32 Å². The summed E-state index contributed by atoms with van der Waals surface area (Å²) in [5.74, 6) is -0.254. The van der Waals surface area contributed by atoms with Crippen LogP contribution in [0.3, 0.4) is 0 Å². The topological polar surface area (TPSA) is 63.2 Å². The molecule has 0 saturated carbocycles. The number of hydrogen-bond donors (Lipinski definition) is 1. The van der Waals surface area contributed by atoms with E-state index in [9.17, 15) is 13.2 Å². The van der Waals surface area contributed by atoms with Crippen molar-refractivity contribution in [3.63, 3.8) is 0 Å². The number of carbonyl (C=O) groups excluding carboxylic acids is 1. The second kappa shape index (κ2) is 5.74. The number of hydrogen-bond acceptors (Lipinski definition) is 3. The molecule has 0 radical (unpaired) electrons. The first kappa shape index (κ1) is 16.7. The first-order valence-corrected chi connectivity index (χ1v) is 9.57. The standard InChI is InChI=1S/C19H21NO3S/c1-13-8-4-6-10-15(13)19(2,3)18(21)20-16-12-24(22,23)17-11-7-5-9-14(16)17/h4-11,16H,12H2,1-3H3,(H,20,21)/t16-/m1/s1. The molecular weight excluding hydrogens is 322 g/mol. The van der Waals surface area contributed by atoms with Crippen LogP contribution in [0.5, 0.6) is 0 Å². The van der Waals surface area contributed by atoms with E-state index >= 15 is 0 Å². The Kier molecular flexibility index (Phi) is 4.00. The maximum absolute atomic E-state index is 12.9. The van der Waals surface area contributed by atoms with Gasteiger partial charge in [0, 0.05) is 0 Å². The quantitative estimate of drug-likeness (QED) is 0.932. The third-order valence-corrected chi connectivity index (χ3v) is 6.52. The van der Waals surface area contributed by atoms with Crippen molar-refractivity contribution < 1.29 is 13.2 Å². The number of sulfone groups is 1. The van der Waals surface area contributed by atoms with Gasteiger partial charge in [0.05, 0.1) is 22.1 Å². The Hall–Kier alpha value is -2.14. The fourth-order valence-electron chi connectivity index (χ4n) is 3.31. The Labute approximate surface area is 142 Å². The van der Waals surface area contributed by atoms with Crippen molar-refractivity contribution in [2.45, 2.75) is 37.1 Å². The molecule has 0 saturated heterocycles.